The topological polar surface area (TPSA) is 73.1 Å². The summed E-state index contributed by atoms with van der Waals surface area (Å²) in [4.78, 5) is 8.70. The van der Waals surface area contributed by atoms with E-state index in [1.807, 2.05) is 6.92 Å². The number of nitrogens with zero attached hydrogens (tertiary/aromatic N) is 2. The largest absolute Gasteiger partial charge is 0.384 e. The standard InChI is InChI=1S/C11H18N4O/c1-7(6-16-2)13-10-5-9(12)14-11(15-10)8-3-4-8/h5,7-8H,3-4,6H2,1-2H3,(H3,12,13,14,15). The predicted molar refractivity (Wildman–Crippen MR) is 63.4 cm³/mol. The average molecular weight is 222 g/mol. The van der Waals surface area contributed by atoms with Crippen molar-refractivity contribution in [3.05, 3.63) is 11.9 Å². The molecule has 1 fully saturated rings. The van der Waals surface area contributed by atoms with Gasteiger partial charge < -0.3 is 15.8 Å². The van der Waals surface area contributed by atoms with Crippen molar-refractivity contribution in [2.45, 2.75) is 31.7 Å². The molecule has 0 spiro atoms. The van der Waals surface area contributed by atoms with Crippen LogP contribution in [0.15, 0.2) is 6.07 Å². The molecule has 0 aliphatic heterocycles. The highest BCUT2D eigenvalue weighted by atomic mass is 16.5. The third-order valence-electron chi connectivity index (χ3n) is 2.52. The molecule has 1 unspecified atom stereocenters. The average Bonchev–Trinajstić information content (AvgIpc) is 2.99. The van der Waals surface area contributed by atoms with Crippen LogP contribution in [0.5, 0.6) is 0 Å². The smallest absolute Gasteiger partial charge is 0.136 e. The summed E-state index contributed by atoms with van der Waals surface area (Å²) in [6.07, 6.45) is 2.35. The van der Waals surface area contributed by atoms with Gasteiger partial charge in [-0.25, -0.2) is 9.97 Å². The summed E-state index contributed by atoms with van der Waals surface area (Å²) in [5, 5.41) is 3.25. The minimum Gasteiger partial charge on any atom is -0.384 e. The molecule has 1 atom stereocenters. The fourth-order valence-electron chi connectivity index (χ4n) is 1.63. The van der Waals surface area contributed by atoms with E-state index in [2.05, 4.69) is 15.3 Å². The van der Waals surface area contributed by atoms with Gasteiger partial charge in [-0.05, 0) is 19.8 Å². The molecule has 0 saturated heterocycles. The number of anilines is 2. The van der Waals surface area contributed by atoms with Gasteiger partial charge in [0.2, 0.25) is 0 Å². The van der Waals surface area contributed by atoms with Crippen LogP contribution in [0.3, 0.4) is 0 Å². The zero-order valence-electron chi connectivity index (χ0n) is 9.73. The molecule has 5 heteroatoms. The fraction of sp³-hybridized carbons (Fsp3) is 0.636. The normalized spacial score (nSPS) is 17.1. The summed E-state index contributed by atoms with van der Waals surface area (Å²) in [6.45, 7) is 2.68. The highest BCUT2D eigenvalue weighted by molar-refractivity contribution is 5.45. The van der Waals surface area contributed by atoms with Crippen molar-refractivity contribution in [3.63, 3.8) is 0 Å². The molecule has 1 aliphatic carbocycles. The summed E-state index contributed by atoms with van der Waals surface area (Å²) in [5.74, 6) is 2.71. The Hall–Kier alpha value is -1.36. The predicted octanol–water partition coefficient (Wildman–Crippen LogP) is 1.38. The van der Waals surface area contributed by atoms with Crippen molar-refractivity contribution >= 4 is 11.6 Å². The Morgan fingerprint density at radius 1 is 1.56 bits per heavy atom. The summed E-state index contributed by atoms with van der Waals surface area (Å²) >= 11 is 0. The van der Waals surface area contributed by atoms with E-state index in [0.717, 1.165) is 11.6 Å². The van der Waals surface area contributed by atoms with Gasteiger partial charge in [-0.2, -0.15) is 0 Å². The monoisotopic (exact) mass is 222 g/mol. The molecule has 1 aromatic heterocycles. The lowest BCUT2D eigenvalue weighted by Gasteiger charge is -2.14. The van der Waals surface area contributed by atoms with Gasteiger partial charge in [0.15, 0.2) is 0 Å². The summed E-state index contributed by atoms with van der Waals surface area (Å²) in [7, 11) is 1.68. The SMILES string of the molecule is COCC(C)Nc1cc(N)nc(C2CC2)n1. The Kier molecular flexibility index (Phi) is 3.24. The Morgan fingerprint density at radius 3 is 2.94 bits per heavy atom. The lowest BCUT2D eigenvalue weighted by molar-refractivity contribution is 0.190. The summed E-state index contributed by atoms with van der Waals surface area (Å²) in [6, 6.07) is 1.98. The van der Waals surface area contributed by atoms with Crippen molar-refractivity contribution in [2.24, 2.45) is 0 Å². The number of rotatable bonds is 5. The number of nitrogens with two attached hydrogens (primary N) is 1. The molecular formula is C11H18N4O. The highest BCUT2D eigenvalue weighted by Crippen LogP contribution is 2.38. The van der Waals surface area contributed by atoms with Gasteiger partial charge in [0.1, 0.15) is 17.5 Å². The lowest BCUT2D eigenvalue weighted by atomic mass is 10.3. The number of hydrogen-bond acceptors (Lipinski definition) is 5. The minimum absolute atomic E-state index is 0.214. The third-order valence-corrected chi connectivity index (χ3v) is 2.52. The number of aromatic nitrogens is 2. The third kappa shape index (κ3) is 2.82. The molecule has 88 valence electrons. The first-order valence-corrected chi connectivity index (χ1v) is 5.59. The molecule has 1 aliphatic rings. The number of ether oxygens (including phenoxy) is 1. The van der Waals surface area contributed by atoms with E-state index in [9.17, 15) is 0 Å². The molecular weight excluding hydrogens is 204 g/mol. The van der Waals surface area contributed by atoms with Crippen LogP contribution in [0.2, 0.25) is 0 Å². The van der Waals surface area contributed by atoms with Gasteiger partial charge in [0, 0.05) is 25.1 Å². The molecule has 0 bridgehead atoms. The molecule has 1 heterocycles. The number of nitrogens with one attached hydrogen (secondary N) is 1. The molecule has 0 amide bonds. The van der Waals surface area contributed by atoms with Crippen LogP contribution < -0.4 is 11.1 Å². The maximum Gasteiger partial charge on any atom is 0.136 e. The van der Waals surface area contributed by atoms with Gasteiger partial charge in [0.05, 0.1) is 6.61 Å². The lowest BCUT2D eigenvalue weighted by Crippen LogP contribution is -2.22. The van der Waals surface area contributed by atoms with Crippen LogP contribution >= 0.6 is 0 Å². The molecule has 1 aromatic rings. The maximum atomic E-state index is 5.75. The van der Waals surface area contributed by atoms with Gasteiger partial charge in [0.25, 0.3) is 0 Å². The Morgan fingerprint density at radius 2 is 2.31 bits per heavy atom. The van der Waals surface area contributed by atoms with E-state index in [-0.39, 0.29) is 6.04 Å². The molecule has 2 rings (SSSR count). The second kappa shape index (κ2) is 4.65. The zero-order chi connectivity index (χ0) is 11.5. The van der Waals surface area contributed by atoms with Crippen molar-refractivity contribution in [1.29, 1.82) is 0 Å². The van der Waals surface area contributed by atoms with Gasteiger partial charge in [-0.15, -0.1) is 0 Å². The number of hydrogen-bond donors (Lipinski definition) is 2. The van der Waals surface area contributed by atoms with Gasteiger partial charge >= 0.3 is 0 Å². The zero-order valence-corrected chi connectivity index (χ0v) is 9.73. The fourth-order valence-corrected chi connectivity index (χ4v) is 1.63. The van der Waals surface area contributed by atoms with E-state index < -0.39 is 0 Å². The van der Waals surface area contributed by atoms with E-state index in [4.69, 9.17) is 10.5 Å². The second-order valence-electron chi connectivity index (χ2n) is 4.31. The van der Waals surface area contributed by atoms with Crippen molar-refractivity contribution in [1.82, 2.24) is 9.97 Å². The molecule has 0 aromatic carbocycles. The second-order valence-corrected chi connectivity index (χ2v) is 4.31. The van der Waals surface area contributed by atoms with E-state index in [1.54, 1.807) is 13.2 Å². The summed E-state index contributed by atoms with van der Waals surface area (Å²) in [5.41, 5.74) is 5.75. The van der Waals surface area contributed by atoms with E-state index in [1.165, 1.54) is 12.8 Å². The van der Waals surface area contributed by atoms with Crippen molar-refractivity contribution < 1.29 is 4.74 Å². The Bertz CT molecular complexity index is 365. The number of nitrogen functional groups attached to an aromatic ring is 1. The van der Waals surface area contributed by atoms with Crippen molar-refractivity contribution in [2.75, 3.05) is 24.8 Å². The van der Waals surface area contributed by atoms with Gasteiger partial charge in [-0.3, -0.25) is 0 Å². The molecule has 16 heavy (non-hydrogen) atoms. The van der Waals surface area contributed by atoms with Crippen LogP contribution in [0.1, 0.15) is 31.5 Å². The van der Waals surface area contributed by atoms with Crippen LogP contribution in [0, 0.1) is 0 Å². The summed E-state index contributed by atoms with van der Waals surface area (Å²) < 4.78 is 5.06. The number of methoxy groups -OCH3 is 1. The Balaban J connectivity index is 2.07. The molecule has 0 radical (unpaired) electrons. The highest BCUT2D eigenvalue weighted by Gasteiger charge is 2.27. The minimum atomic E-state index is 0.214. The molecule has 1 saturated carbocycles. The molecule has 3 N–H and O–H groups in total. The van der Waals surface area contributed by atoms with Crippen LogP contribution in [-0.4, -0.2) is 29.7 Å². The van der Waals surface area contributed by atoms with Crippen molar-refractivity contribution in [3.8, 4) is 0 Å². The van der Waals surface area contributed by atoms with Gasteiger partial charge in [-0.1, -0.05) is 0 Å². The van der Waals surface area contributed by atoms with E-state index in [0.29, 0.717) is 18.3 Å². The first kappa shape index (κ1) is 11.1. The van der Waals surface area contributed by atoms with E-state index >= 15 is 0 Å². The maximum absolute atomic E-state index is 5.75. The van der Waals surface area contributed by atoms with Crippen LogP contribution in [0.4, 0.5) is 11.6 Å². The Labute approximate surface area is 95.4 Å². The first-order chi connectivity index (χ1) is 7.69. The van der Waals surface area contributed by atoms with Crippen LogP contribution in [0.25, 0.3) is 0 Å². The quantitative estimate of drug-likeness (QED) is 0.787. The first-order valence-electron chi connectivity index (χ1n) is 5.59. The van der Waals surface area contributed by atoms with Crippen LogP contribution in [-0.2, 0) is 4.74 Å². The molecule has 5 nitrogen and oxygen atoms in total.